The molecule has 0 bridgehead atoms. The number of fused-ring (bicyclic) bond motifs is 1. The van der Waals surface area contributed by atoms with E-state index in [9.17, 15) is 14.4 Å². The van der Waals surface area contributed by atoms with Gasteiger partial charge < -0.3 is 28.9 Å². The number of piperazine rings is 1. The molecule has 0 aliphatic carbocycles. The Morgan fingerprint density at radius 1 is 0.805 bits per heavy atom. The number of hydrogen-bond donors (Lipinski definition) is 0. The number of carbonyl (C=O) groups excluding carboxylic acids is 3. The van der Waals surface area contributed by atoms with Gasteiger partial charge in [-0.15, -0.1) is 0 Å². The number of piperidine rings is 1. The van der Waals surface area contributed by atoms with Crippen LogP contribution in [0.1, 0.15) is 56.5 Å². The van der Waals surface area contributed by atoms with Crippen LogP contribution in [-0.4, -0.2) is 90.9 Å². The van der Waals surface area contributed by atoms with Crippen LogP contribution in [-0.2, 0) is 15.9 Å². The molecule has 0 radical (unpaired) electrons. The summed E-state index contributed by atoms with van der Waals surface area (Å²) in [5, 5.41) is 0. The van der Waals surface area contributed by atoms with Gasteiger partial charge in [0.1, 0.15) is 11.4 Å². The van der Waals surface area contributed by atoms with E-state index in [0.717, 1.165) is 36.1 Å². The summed E-state index contributed by atoms with van der Waals surface area (Å²) in [5.41, 5.74) is 3.58. The van der Waals surface area contributed by atoms with Crippen LogP contribution in [0.25, 0.3) is 11.1 Å². The number of nitrogens with zero attached hydrogens (tertiary/aromatic N) is 3. The molecule has 9 nitrogen and oxygen atoms in total. The molecule has 2 fully saturated rings. The van der Waals surface area contributed by atoms with E-state index in [1.54, 1.807) is 21.6 Å². The van der Waals surface area contributed by atoms with Gasteiger partial charge in [-0.25, -0.2) is 9.59 Å². The van der Waals surface area contributed by atoms with Crippen LogP contribution in [0.2, 0.25) is 0 Å². The van der Waals surface area contributed by atoms with E-state index < -0.39 is 0 Å². The number of hydrogen-bond acceptors (Lipinski definition) is 6. The predicted molar refractivity (Wildman–Crippen MR) is 155 cm³/mol. The Bertz CT molecular complexity index is 1270. The molecule has 5 rings (SSSR count). The van der Waals surface area contributed by atoms with Gasteiger partial charge in [0, 0.05) is 64.1 Å². The first-order valence-electron chi connectivity index (χ1n) is 14.6. The highest BCUT2D eigenvalue weighted by Crippen LogP contribution is 2.42. The molecule has 2 saturated heterocycles. The van der Waals surface area contributed by atoms with Gasteiger partial charge in [0.2, 0.25) is 0 Å². The number of amides is 3. The molecule has 3 aliphatic rings. The molecule has 0 saturated carbocycles. The molecule has 220 valence electrons. The molecular weight excluding hydrogens is 522 g/mol. The Labute approximate surface area is 242 Å². The molecular formula is C32H41N3O6. The van der Waals surface area contributed by atoms with Gasteiger partial charge in [-0.1, -0.05) is 39.0 Å². The van der Waals surface area contributed by atoms with E-state index in [1.165, 1.54) is 5.56 Å². The zero-order valence-corrected chi connectivity index (χ0v) is 24.6. The molecule has 3 aliphatic heterocycles. The van der Waals surface area contributed by atoms with Gasteiger partial charge in [0.25, 0.3) is 5.91 Å². The maximum absolute atomic E-state index is 13.1. The average Bonchev–Trinajstić information content (AvgIpc) is 3.32. The molecule has 41 heavy (non-hydrogen) atoms. The van der Waals surface area contributed by atoms with E-state index in [0.29, 0.717) is 58.0 Å². The molecule has 2 aromatic carbocycles. The quantitative estimate of drug-likeness (QED) is 0.507. The molecule has 1 spiro atoms. The van der Waals surface area contributed by atoms with Crippen LogP contribution < -0.4 is 4.74 Å². The first-order chi connectivity index (χ1) is 19.6. The van der Waals surface area contributed by atoms with Crippen LogP contribution >= 0.6 is 0 Å². The van der Waals surface area contributed by atoms with Crippen LogP contribution in [0, 0.1) is 5.41 Å². The minimum atomic E-state index is -0.323. The van der Waals surface area contributed by atoms with Gasteiger partial charge in [-0.2, -0.15) is 0 Å². The molecule has 0 aromatic heterocycles. The standard InChI is InChI=1S/C32H41N3O6/c1-5-39-29(37)35-18-16-33(17-19-35)28(36)24-8-6-23(7-9-24)25-10-11-27-26(20-25)21-32(41-27)12-14-34(15-13-32)30(38)40-22-31(2,3)4/h6-11,20H,5,12-19,21-22H2,1-4H3. The zero-order valence-electron chi connectivity index (χ0n) is 24.6. The zero-order chi connectivity index (χ0) is 29.2. The van der Waals surface area contributed by atoms with Crippen molar-refractivity contribution in [1.82, 2.24) is 14.7 Å². The summed E-state index contributed by atoms with van der Waals surface area (Å²) in [6.45, 7) is 11.9. The van der Waals surface area contributed by atoms with E-state index in [4.69, 9.17) is 14.2 Å². The van der Waals surface area contributed by atoms with E-state index >= 15 is 0 Å². The van der Waals surface area contributed by atoms with Gasteiger partial charge >= 0.3 is 12.2 Å². The smallest absolute Gasteiger partial charge is 0.409 e. The fraction of sp³-hybridized carbons (Fsp3) is 0.531. The highest BCUT2D eigenvalue weighted by atomic mass is 16.6. The molecule has 3 heterocycles. The lowest BCUT2D eigenvalue weighted by atomic mass is 9.86. The van der Waals surface area contributed by atoms with Crippen LogP contribution in [0.15, 0.2) is 42.5 Å². The van der Waals surface area contributed by atoms with E-state index in [2.05, 4.69) is 32.9 Å². The molecule has 9 heteroatoms. The number of ether oxygens (including phenoxy) is 3. The lowest BCUT2D eigenvalue weighted by Gasteiger charge is -2.38. The average molecular weight is 564 g/mol. The summed E-state index contributed by atoms with van der Waals surface area (Å²) < 4.78 is 17.0. The molecule has 0 atom stereocenters. The minimum Gasteiger partial charge on any atom is -0.487 e. The summed E-state index contributed by atoms with van der Waals surface area (Å²) in [4.78, 5) is 42.7. The molecule has 2 aromatic rings. The van der Waals surface area contributed by atoms with Crippen molar-refractivity contribution in [1.29, 1.82) is 0 Å². The van der Waals surface area contributed by atoms with Crippen molar-refractivity contribution in [3.05, 3.63) is 53.6 Å². The second kappa shape index (κ2) is 11.6. The summed E-state index contributed by atoms with van der Waals surface area (Å²) in [6.07, 6.45) is 1.79. The van der Waals surface area contributed by atoms with Crippen molar-refractivity contribution in [3.8, 4) is 16.9 Å². The third-order valence-electron chi connectivity index (χ3n) is 8.02. The third kappa shape index (κ3) is 6.60. The second-order valence-electron chi connectivity index (χ2n) is 12.4. The monoisotopic (exact) mass is 563 g/mol. The molecule has 0 N–H and O–H groups in total. The van der Waals surface area contributed by atoms with E-state index in [-0.39, 0.29) is 29.1 Å². The summed E-state index contributed by atoms with van der Waals surface area (Å²) in [5.74, 6) is 0.879. The Balaban J connectivity index is 1.16. The van der Waals surface area contributed by atoms with E-state index in [1.807, 2.05) is 30.3 Å². The lowest BCUT2D eigenvalue weighted by Crippen LogP contribution is -2.50. The number of benzene rings is 2. The largest absolute Gasteiger partial charge is 0.487 e. The van der Waals surface area contributed by atoms with Crippen LogP contribution in [0.3, 0.4) is 0 Å². The van der Waals surface area contributed by atoms with Crippen molar-refractivity contribution < 1.29 is 28.6 Å². The number of likely N-dealkylation sites (tertiary alicyclic amines) is 1. The normalized spacial score (nSPS) is 18.1. The Morgan fingerprint density at radius 2 is 1.39 bits per heavy atom. The highest BCUT2D eigenvalue weighted by molar-refractivity contribution is 5.95. The fourth-order valence-corrected chi connectivity index (χ4v) is 5.65. The molecule has 3 amide bonds. The van der Waals surface area contributed by atoms with Gasteiger partial charge in [-0.05, 0) is 53.3 Å². The topological polar surface area (TPSA) is 88.6 Å². The lowest BCUT2D eigenvalue weighted by molar-refractivity contribution is 0.00955. The van der Waals surface area contributed by atoms with Crippen LogP contribution in [0.4, 0.5) is 9.59 Å². The van der Waals surface area contributed by atoms with Crippen molar-refractivity contribution >= 4 is 18.1 Å². The maximum Gasteiger partial charge on any atom is 0.409 e. The van der Waals surface area contributed by atoms with Crippen molar-refractivity contribution in [2.45, 2.75) is 52.6 Å². The van der Waals surface area contributed by atoms with Crippen molar-refractivity contribution in [2.24, 2.45) is 5.41 Å². The predicted octanol–water partition coefficient (Wildman–Crippen LogP) is 5.22. The first kappa shape index (κ1) is 28.8. The SMILES string of the molecule is CCOC(=O)N1CCN(C(=O)c2ccc(-c3ccc4c(c3)CC3(CCN(C(=O)OCC(C)(C)C)CC3)O4)cc2)CC1. The van der Waals surface area contributed by atoms with Gasteiger partial charge in [0.15, 0.2) is 0 Å². The second-order valence-corrected chi connectivity index (χ2v) is 12.4. The molecule has 0 unspecified atom stereocenters. The van der Waals surface area contributed by atoms with Crippen molar-refractivity contribution in [2.75, 3.05) is 52.5 Å². The summed E-state index contributed by atoms with van der Waals surface area (Å²) in [7, 11) is 0. The Kier molecular flexibility index (Phi) is 8.16. The Morgan fingerprint density at radius 3 is 2.02 bits per heavy atom. The summed E-state index contributed by atoms with van der Waals surface area (Å²) in [6, 6.07) is 14.0. The minimum absolute atomic E-state index is 0.0296. The van der Waals surface area contributed by atoms with Gasteiger partial charge in [-0.3, -0.25) is 4.79 Å². The Hall–Kier alpha value is -3.75. The van der Waals surface area contributed by atoms with Crippen LogP contribution in [0.5, 0.6) is 5.75 Å². The van der Waals surface area contributed by atoms with Gasteiger partial charge in [0.05, 0.1) is 13.2 Å². The summed E-state index contributed by atoms with van der Waals surface area (Å²) >= 11 is 0. The number of carbonyl (C=O) groups is 3. The fourth-order valence-electron chi connectivity index (χ4n) is 5.65. The first-order valence-corrected chi connectivity index (χ1v) is 14.6. The third-order valence-corrected chi connectivity index (χ3v) is 8.02. The maximum atomic E-state index is 13.1. The highest BCUT2D eigenvalue weighted by Gasteiger charge is 2.43. The van der Waals surface area contributed by atoms with Crippen molar-refractivity contribution in [3.63, 3.8) is 0 Å². The number of rotatable bonds is 4.